The van der Waals surface area contributed by atoms with E-state index >= 15 is 0 Å². The molecule has 2 N–H and O–H groups in total. The van der Waals surface area contributed by atoms with E-state index in [0.29, 0.717) is 11.6 Å². The molecular weight excluding hydrogens is 232 g/mol. The van der Waals surface area contributed by atoms with E-state index in [1.54, 1.807) is 13.0 Å². The van der Waals surface area contributed by atoms with Gasteiger partial charge in [0.2, 0.25) is 0 Å². The Morgan fingerprint density at radius 2 is 2.17 bits per heavy atom. The van der Waals surface area contributed by atoms with Crippen molar-refractivity contribution >= 4 is 11.8 Å². The third-order valence-corrected chi connectivity index (χ3v) is 2.67. The minimum atomic E-state index is -0.261. The summed E-state index contributed by atoms with van der Waals surface area (Å²) >= 11 is 0. The molecule has 102 valence electrons. The third kappa shape index (κ3) is 4.75. The molecule has 0 fully saturated rings. The van der Waals surface area contributed by atoms with E-state index in [0.717, 1.165) is 19.6 Å². The van der Waals surface area contributed by atoms with E-state index < -0.39 is 0 Å². The molecule has 0 bridgehead atoms. The Bertz CT molecular complexity index is 374. The molecule has 0 aliphatic rings. The van der Waals surface area contributed by atoms with Crippen LogP contribution in [-0.4, -0.2) is 41.8 Å². The fourth-order valence-electron chi connectivity index (χ4n) is 1.72. The van der Waals surface area contributed by atoms with Gasteiger partial charge in [-0.1, -0.05) is 19.0 Å². The fourth-order valence-corrected chi connectivity index (χ4v) is 1.72. The summed E-state index contributed by atoms with van der Waals surface area (Å²) in [6, 6.07) is 1.50. The van der Waals surface area contributed by atoms with Gasteiger partial charge in [0.1, 0.15) is 5.76 Å². The number of anilines is 1. The van der Waals surface area contributed by atoms with E-state index in [4.69, 9.17) is 4.52 Å². The quantitative estimate of drug-likeness (QED) is 0.812. The minimum Gasteiger partial charge on any atom is -0.360 e. The van der Waals surface area contributed by atoms with E-state index in [9.17, 15) is 4.79 Å². The van der Waals surface area contributed by atoms with Gasteiger partial charge in [0.15, 0.2) is 5.82 Å². The van der Waals surface area contributed by atoms with Crippen LogP contribution < -0.4 is 10.6 Å². The van der Waals surface area contributed by atoms with Crippen molar-refractivity contribution in [3.8, 4) is 0 Å². The van der Waals surface area contributed by atoms with Crippen molar-refractivity contribution in [2.45, 2.75) is 33.7 Å². The molecular formula is C12H22N4O2. The van der Waals surface area contributed by atoms with Crippen molar-refractivity contribution in [2.24, 2.45) is 0 Å². The van der Waals surface area contributed by atoms with Crippen molar-refractivity contribution in [1.82, 2.24) is 15.4 Å². The zero-order chi connectivity index (χ0) is 13.5. The van der Waals surface area contributed by atoms with E-state index in [2.05, 4.69) is 34.5 Å². The van der Waals surface area contributed by atoms with Gasteiger partial charge in [-0.05, 0) is 26.9 Å². The summed E-state index contributed by atoms with van der Waals surface area (Å²) in [6.45, 7) is 10.8. The summed E-state index contributed by atoms with van der Waals surface area (Å²) in [5, 5.41) is 9.19. The number of rotatable bonds is 6. The summed E-state index contributed by atoms with van der Waals surface area (Å²) in [5.41, 5.74) is 0. The lowest BCUT2D eigenvalue weighted by atomic mass is 10.3. The average Bonchev–Trinajstić information content (AvgIpc) is 2.71. The number of carbonyl (C=O) groups excluding carboxylic acids is 1. The number of nitrogens with zero attached hydrogens (tertiary/aromatic N) is 2. The second-order valence-electron chi connectivity index (χ2n) is 4.31. The fraction of sp³-hybridized carbons (Fsp3) is 0.667. The van der Waals surface area contributed by atoms with Crippen LogP contribution >= 0.6 is 0 Å². The second kappa shape index (κ2) is 7.00. The Kier molecular flexibility index (Phi) is 5.64. The topological polar surface area (TPSA) is 70.4 Å². The zero-order valence-electron chi connectivity index (χ0n) is 11.5. The van der Waals surface area contributed by atoms with Crippen LogP contribution in [0, 0.1) is 6.92 Å². The lowest BCUT2D eigenvalue weighted by Gasteiger charge is -2.23. The number of likely N-dealkylation sites (N-methyl/N-ethyl adjacent to an activating group) is 1. The minimum absolute atomic E-state index is 0.0814. The molecule has 0 aliphatic heterocycles. The van der Waals surface area contributed by atoms with Gasteiger partial charge in [-0.2, -0.15) is 0 Å². The summed E-state index contributed by atoms with van der Waals surface area (Å²) in [6.07, 6.45) is 0. The maximum Gasteiger partial charge on any atom is 0.320 e. The smallest absolute Gasteiger partial charge is 0.320 e. The number of hydrogen-bond acceptors (Lipinski definition) is 4. The van der Waals surface area contributed by atoms with Crippen LogP contribution in [0.1, 0.15) is 26.5 Å². The van der Waals surface area contributed by atoms with Gasteiger partial charge in [-0.15, -0.1) is 0 Å². The van der Waals surface area contributed by atoms with Gasteiger partial charge >= 0.3 is 6.03 Å². The number of hydrogen-bond donors (Lipinski definition) is 2. The normalized spacial score (nSPS) is 12.5. The molecule has 1 aromatic heterocycles. The standard InChI is InChI=1S/C12H22N4O2/c1-5-16(6-2)8-9(3)13-12(17)14-11-7-10(4)18-15-11/h7,9H,5-6,8H2,1-4H3,(H2,13,14,15,17). The van der Waals surface area contributed by atoms with Crippen LogP contribution in [0.4, 0.5) is 10.6 Å². The first-order valence-electron chi connectivity index (χ1n) is 6.28. The molecule has 0 saturated carbocycles. The van der Waals surface area contributed by atoms with Crippen molar-refractivity contribution in [3.63, 3.8) is 0 Å². The van der Waals surface area contributed by atoms with Gasteiger partial charge in [-0.25, -0.2) is 4.79 Å². The van der Waals surface area contributed by atoms with Crippen molar-refractivity contribution in [1.29, 1.82) is 0 Å². The molecule has 0 saturated heterocycles. The molecule has 0 aromatic carbocycles. The van der Waals surface area contributed by atoms with Crippen molar-refractivity contribution < 1.29 is 9.32 Å². The van der Waals surface area contributed by atoms with Gasteiger partial charge in [-0.3, -0.25) is 5.32 Å². The lowest BCUT2D eigenvalue weighted by Crippen LogP contribution is -2.43. The summed E-state index contributed by atoms with van der Waals surface area (Å²) in [5.74, 6) is 1.10. The highest BCUT2D eigenvalue weighted by Crippen LogP contribution is 2.06. The molecule has 1 rings (SSSR count). The van der Waals surface area contributed by atoms with Gasteiger partial charge in [0.25, 0.3) is 0 Å². The number of urea groups is 1. The molecule has 1 unspecified atom stereocenters. The SMILES string of the molecule is CCN(CC)CC(C)NC(=O)Nc1cc(C)on1. The number of carbonyl (C=O) groups is 1. The largest absolute Gasteiger partial charge is 0.360 e. The number of aromatic nitrogens is 1. The van der Waals surface area contributed by atoms with Crippen molar-refractivity contribution in [2.75, 3.05) is 25.0 Å². The highest BCUT2D eigenvalue weighted by atomic mass is 16.5. The Morgan fingerprint density at radius 3 is 2.67 bits per heavy atom. The monoisotopic (exact) mass is 254 g/mol. The predicted molar refractivity (Wildman–Crippen MR) is 70.6 cm³/mol. The van der Waals surface area contributed by atoms with Gasteiger partial charge < -0.3 is 14.7 Å². The Balaban J connectivity index is 2.35. The molecule has 1 aromatic rings. The zero-order valence-corrected chi connectivity index (χ0v) is 11.5. The van der Waals surface area contributed by atoms with E-state index in [1.807, 2.05) is 6.92 Å². The van der Waals surface area contributed by atoms with Crippen molar-refractivity contribution in [3.05, 3.63) is 11.8 Å². The van der Waals surface area contributed by atoms with Crippen LogP contribution in [0.25, 0.3) is 0 Å². The Morgan fingerprint density at radius 1 is 1.50 bits per heavy atom. The molecule has 18 heavy (non-hydrogen) atoms. The molecule has 0 aliphatic carbocycles. The maximum absolute atomic E-state index is 11.7. The predicted octanol–water partition coefficient (Wildman–Crippen LogP) is 1.83. The second-order valence-corrected chi connectivity index (χ2v) is 4.31. The molecule has 1 heterocycles. The maximum atomic E-state index is 11.7. The molecule has 6 heteroatoms. The number of nitrogens with one attached hydrogen (secondary N) is 2. The Labute approximate surface area is 108 Å². The number of amides is 2. The van der Waals surface area contributed by atoms with Gasteiger partial charge in [0, 0.05) is 18.7 Å². The third-order valence-electron chi connectivity index (χ3n) is 2.67. The number of aryl methyl sites for hydroxylation is 1. The summed E-state index contributed by atoms with van der Waals surface area (Å²) < 4.78 is 4.87. The van der Waals surface area contributed by atoms with Crippen LogP contribution in [-0.2, 0) is 0 Å². The molecule has 0 radical (unpaired) electrons. The molecule has 2 amide bonds. The van der Waals surface area contributed by atoms with E-state index in [-0.39, 0.29) is 12.1 Å². The van der Waals surface area contributed by atoms with Crippen LogP contribution in [0.2, 0.25) is 0 Å². The first kappa shape index (κ1) is 14.5. The highest BCUT2D eigenvalue weighted by Gasteiger charge is 2.11. The first-order valence-corrected chi connectivity index (χ1v) is 6.28. The highest BCUT2D eigenvalue weighted by molar-refractivity contribution is 5.88. The first-order chi connectivity index (χ1) is 8.55. The average molecular weight is 254 g/mol. The summed E-state index contributed by atoms with van der Waals surface area (Å²) in [7, 11) is 0. The molecule has 0 spiro atoms. The van der Waals surface area contributed by atoms with Crippen LogP contribution in [0.15, 0.2) is 10.6 Å². The molecule has 6 nitrogen and oxygen atoms in total. The lowest BCUT2D eigenvalue weighted by molar-refractivity contribution is 0.238. The van der Waals surface area contributed by atoms with E-state index in [1.165, 1.54) is 0 Å². The van der Waals surface area contributed by atoms with Crippen LogP contribution in [0.3, 0.4) is 0 Å². The summed E-state index contributed by atoms with van der Waals surface area (Å²) in [4.78, 5) is 13.9. The Hall–Kier alpha value is -1.56. The molecule has 1 atom stereocenters. The van der Waals surface area contributed by atoms with Gasteiger partial charge in [0.05, 0.1) is 0 Å². The van der Waals surface area contributed by atoms with Crippen LogP contribution in [0.5, 0.6) is 0 Å².